The standard InChI is InChI=1S/C7H2Cl3N3/c8-4-1-3-2-5(9)12-13-6(3)7(10)11-4/h1-2H. The summed E-state index contributed by atoms with van der Waals surface area (Å²) in [6.45, 7) is 0. The van der Waals surface area contributed by atoms with Crippen LogP contribution in [-0.2, 0) is 0 Å². The molecule has 2 aromatic rings. The summed E-state index contributed by atoms with van der Waals surface area (Å²) in [5.74, 6) is 0. The first-order valence-electron chi connectivity index (χ1n) is 3.32. The van der Waals surface area contributed by atoms with Gasteiger partial charge in [-0.3, -0.25) is 0 Å². The molecule has 2 heterocycles. The van der Waals surface area contributed by atoms with Crippen LogP contribution in [0, 0.1) is 0 Å². The van der Waals surface area contributed by atoms with E-state index >= 15 is 0 Å². The number of pyridine rings is 1. The SMILES string of the molecule is Clc1cc2cc(Cl)nc(Cl)c2nn1. The topological polar surface area (TPSA) is 38.7 Å². The summed E-state index contributed by atoms with van der Waals surface area (Å²) < 4.78 is 0. The zero-order valence-electron chi connectivity index (χ0n) is 6.13. The molecule has 0 aliphatic rings. The van der Waals surface area contributed by atoms with Crippen molar-refractivity contribution in [2.45, 2.75) is 0 Å². The lowest BCUT2D eigenvalue weighted by molar-refractivity contribution is 1.07. The van der Waals surface area contributed by atoms with Gasteiger partial charge in [-0.15, -0.1) is 10.2 Å². The van der Waals surface area contributed by atoms with Gasteiger partial charge in [0.25, 0.3) is 0 Å². The molecule has 2 rings (SSSR count). The van der Waals surface area contributed by atoms with Crippen LogP contribution in [0.25, 0.3) is 10.9 Å². The summed E-state index contributed by atoms with van der Waals surface area (Å²) in [7, 11) is 0. The van der Waals surface area contributed by atoms with Gasteiger partial charge in [0.15, 0.2) is 10.3 Å². The van der Waals surface area contributed by atoms with Crippen LogP contribution >= 0.6 is 34.8 Å². The van der Waals surface area contributed by atoms with Crippen molar-refractivity contribution in [3.63, 3.8) is 0 Å². The van der Waals surface area contributed by atoms with Crippen molar-refractivity contribution in [3.05, 3.63) is 27.6 Å². The van der Waals surface area contributed by atoms with Gasteiger partial charge in [0.1, 0.15) is 10.7 Å². The highest BCUT2D eigenvalue weighted by Gasteiger charge is 2.05. The van der Waals surface area contributed by atoms with Crippen LogP contribution < -0.4 is 0 Å². The Kier molecular flexibility index (Phi) is 2.24. The van der Waals surface area contributed by atoms with Gasteiger partial charge in [-0.25, -0.2) is 4.98 Å². The molecule has 2 aromatic heterocycles. The molecular formula is C7H2Cl3N3. The largest absolute Gasteiger partial charge is 0.222 e. The summed E-state index contributed by atoms with van der Waals surface area (Å²) in [6, 6.07) is 3.26. The zero-order chi connectivity index (χ0) is 9.42. The minimum Gasteiger partial charge on any atom is -0.222 e. The molecule has 6 heteroatoms. The van der Waals surface area contributed by atoms with Crippen molar-refractivity contribution in [2.24, 2.45) is 0 Å². The Labute approximate surface area is 88.7 Å². The van der Waals surface area contributed by atoms with E-state index in [2.05, 4.69) is 15.2 Å². The Morgan fingerprint density at radius 1 is 0.923 bits per heavy atom. The van der Waals surface area contributed by atoms with E-state index in [0.29, 0.717) is 15.8 Å². The minimum atomic E-state index is 0.228. The highest BCUT2D eigenvalue weighted by Crippen LogP contribution is 2.23. The molecule has 0 N–H and O–H groups in total. The van der Waals surface area contributed by atoms with Crippen molar-refractivity contribution in [2.75, 3.05) is 0 Å². The fourth-order valence-corrected chi connectivity index (χ4v) is 1.60. The second-order valence-electron chi connectivity index (χ2n) is 2.34. The third kappa shape index (κ3) is 1.68. The van der Waals surface area contributed by atoms with E-state index in [-0.39, 0.29) is 5.15 Å². The summed E-state index contributed by atoms with van der Waals surface area (Å²) in [6.07, 6.45) is 0. The van der Waals surface area contributed by atoms with Crippen LogP contribution in [-0.4, -0.2) is 15.2 Å². The van der Waals surface area contributed by atoms with Crippen LogP contribution in [0.5, 0.6) is 0 Å². The van der Waals surface area contributed by atoms with Crippen molar-refractivity contribution in [1.82, 2.24) is 15.2 Å². The summed E-state index contributed by atoms with van der Waals surface area (Å²) in [5, 5.41) is 8.99. The smallest absolute Gasteiger partial charge is 0.158 e. The number of fused-ring (bicyclic) bond motifs is 1. The van der Waals surface area contributed by atoms with E-state index in [1.807, 2.05) is 0 Å². The van der Waals surface area contributed by atoms with Gasteiger partial charge >= 0.3 is 0 Å². The molecule has 0 spiro atoms. The Hall–Kier alpha value is -0.640. The molecule has 0 bridgehead atoms. The van der Waals surface area contributed by atoms with Gasteiger partial charge in [-0.05, 0) is 12.1 Å². The minimum absolute atomic E-state index is 0.228. The Bertz CT molecular complexity index is 466. The predicted octanol–water partition coefficient (Wildman–Crippen LogP) is 2.98. The molecule has 0 radical (unpaired) electrons. The quantitative estimate of drug-likeness (QED) is 0.658. The number of hydrogen-bond donors (Lipinski definition) is 0. The second kappa shape index (κ2) is 3.25. The highest BCUT2D eigenvalue weighted by molar-refractivity contribution is 6.36. The van der Waals surface area contributed by atoms with E-state index in [0.717, 1.165) is 5.39 Å². The normalized spacial score (nSPS) is 10.7. The first kappa shape index (κ1) is 8.94. The molecular weight excluding hydrogens is 232 g/mol. The fraction of sp³-hybridized carbons (Fsp3) is 0. The zero-order valence-corrected chi connectivity index (χ0v) is 8.40. The Morgan fingerprint density at radius 3 is 2.38 bits per heavy atom. The summed E-state index contributed by atoms with van der Waals surface area (Å²) in [5.41, 5.74) is 0.496. The van der Waals surface area contributed by atoms with Gasteiger partial charge in [0.2, 0.25) is 0 Å². The monoisotopic (exact) mass is 233 g/mol. The van der Waals surface area contributed by atoms with Gasteiger partial charge < -0.3 is 0 Å². The molecule has 13 heavy (non-hydrogen) atoms. The molecule has 0 saturated heterocycles. The van der Waals surface area contributed by atoms with Crippen LogP contribution in [0.15, 0.2) is 12.1 Å². The third-order valence-corrected chi connectivity index (χ3v) is 2.11. The molecule has 0 aliphatic heterocycles. The van der Waals surface area contributed by atoms with Crippen LogP contribution in [0.3, 0.4) is 0 Å². The molecule has 0 aliphatic carbocycles. The van der Waals surface area contributed by atoms with Crippen molar-refractivity contribution in [1.29, 1.82) is 0 Å². The summed E-state index contributed by atoms with van der Waals surface area (Å²) >= 11 is 17.1. The Morgan fingerprint density at radius 2 is 1.62 bits per heavy atom. The van der Waals surface area contributed by atoms with Gasteiger partial charge in [0, 0.05) is 5.39 Å². The maximum Gasteiger partial charge on any atom is 0.158 e. The molecule has 0 saturated carbocycles. The predicted molar refractivity (Wildman–Crippen MR) is 52.4 cm³/mol. The molecule has 0 amide bonds. The van der Waals surface area contributed by atoms with Crippen LogP contribution in [0.1, 0.15) is 0 Å². The summed E-state index contributed by atoms with van der Waals surface area (Å²) in [4.78, 5) is 3.82. The average molecular weight is 234 g/mol. The second-order valence-corrected chi connectivity index (χ2v) is 3.47. The average Bonchev–Trinajstić information content (AvgIpc) is 2.02. The maximum absolute atomic E-state index is 5.77. The lowest BCUT2D eigenvalue weighted by Crippen LogP contribution is -1.88. The third-order valence-electron chi connectivity index (χ3n) is 1.47. The first-order chi connectivity index (χ1) is 6.16. The van der Waals surface area contributed by atoms with Gasteiger partial charge in [-0.2, -0.15) is 0 Å². The fourth-order valence-electron chi connectivity index (χ4n) is 0.959. The number of rotatable bonds is 0. The first-order valence-corrected chi connectivity index (χ1v) is 4.45. The highest BCUT2D eigenvalue weighted by atomic mass is 35.5. The number of nitrogens with zero attached hydrogens (tertiary/aromatic N) is 3. The van der Waals surface area contributed by atoms with E-state index < -0.39 is 0 Å². The lowest BCUT2D eigenvalue weighted by atomic mass is 10.3. The van der Waals surface area contributed by atoms with E-state index in [1.165, 1.54) is 0 Å². The van der Waals surface area contributed by atoms with E-state index in [1.54, 1.807) is 12.1 Å². The molecule has 3 nitrogen and oxygen atoms in total. The van der Waals surface area contributed by atoms with Crippen molar-refractivity contribution in [3.8, 4) is 0 Å². The van der Waals surface area contributed by atoms with Gasteiger partial charge in [-0.1, -0.05) is 34.8 Å². The molecule has 0 atom stereocenters. The lowest BCUT2D eigenvalue weighted by Gasteiger charge is -1.98. The van der Waals surface area contributed by atoms with Gasteiger partial charge in [0.05, 0.1) is 0 Å². The van der Waals surface area contributed by atoms with E-state index in [9.17, 15) is 0 Å². The van der Waals surface area contributed by atoms with E-state index in [4.69, 9.17) is 34.8 Å². The molecule has 66 valence electrons. The number of halogens is 3. The molecule has 0 fully saturated rings. The van der Waals surface area contributed by atoms with Crippen molar-refractivity contribution < 1.29 is 0 Å². The Balaban J connectivity index is 2.86. The number of hydrogen-bond acceptors (Lipinski definition) is 3. The van der Waals surface area contributed by atoms with Crippen LogP contribution in [0.2, 0.25) is 15.5 Å². The molecule has 0 aromatic carbocycles. The van der Waals surface area contributed by atoms with Crippen LogP contribution in [0.4, 0.5) is 0 Å². The number of aromatic nitrogens is 3. The molecule has 0 unspecified atom stereocenters. The maximum atomic E-state index is 5.77. The van der Waals surface area contributed by atoms with Crippen molar-refractivity contribution >= 4 is 45.7 Å².